The molecule has 0 bridgehead atoms. The van der Waals surface area contributed by atoms with Crippen LogP contribution in [0, 0.1) is 23.7 Å². The van der Waals surface area contributed by atoms with Crippen molar-refractivity contribution in [3.05, 3.63) is 46.6 Å². The second-order valence-corrected chi connectivity index (χ2v) is 11.8. The largest absolute Gasteiger partial charge is 0.474 e. The topological polar surface area (TPSA) is 175 Å². The number of nitriles is 1. The van der Waals surface area contributed by atoms with Crippen molar-refractivity contribution < 1.29 is 29.1 Å². The van der Waals surface area contributed by atoms with Crippen molar-refractivity contribution in [3.8, 4) is 34.8 Å². The molecule has 0 saturated carbocycles. The van der Waals surface area contributed by atoms with E-state index in [0.717, 1.165) is 22.3 Å². The SMILES string of the molecule is Cc1c(-c2noc(-c3cnc(OC(C)C)c(C#N)c3)n2)ccc2c1CCN(C(=O)[C@@](NC(=O)O)([C@@H](C)O)C(C)(C)C)C2. The summed E-state index contributed by atoms with van der Waals surface area (Å²) in [6.45, 7) is 12.9. The maximum atomic E-state index is 13.9. The number of amides is 2. The highest BCUT2D eigenvalue weighted by Crippen LogP contribution is 2.38. The van der Waals surface area contributed by atoms with Crippen LogP contribution in [0.3, 0.4) is 0 Å². The van der Waals surface area contributed by atoms with Crippen molar-refractivity contribution in [2.45, 2.75) is 79.2 Å². The lowest BCUT2D eigenvalue weighted by atomic mass is 9.69. The fourth-order valence-electron chi connectivity index (χ4n) is 5.56. The number of ether oxygens (including phenoxy) is 1. The first-order chi connectivity index (χ1) is 19.7. The number of benzene rings is 1. The smallest absolute Gasteiger partial charge is 0.405 e. The van der Waals surface area contributed by atoms with Gasteiger partial charge in [-0.05, 0) is 62.3 Å². The van der Waals surface area contributed by atoms with Crippen LogP contribution in [0.5, 0.6) is 5.88 Å². The first-order valence-corrected chi connectivity index (χ1v) is 13.7. The lowest BCUT2D eigenvalue weighted by Gasteiger charge is -2.48. The molecule has 2 atom stereocenters. The highest BCUT2D eigenvalue weighted by molar-refractivity contribution is 5.91. The lowest BCUT2D eigenvalue weighted by molar-refractivity contribution is -0.151. The van der Waals surface area contributed by atoms with Crippen molar-refractivity contribution in [1.82, 2.24) is 25.3 Å². The summed E-state index contributed by atoms with van der Waals surface area (Å²) in [4.78, 5) is 36.0. The number of aliphatic hydroxyl groups is 1. The molecule has 3 heterocycles. The molecule has 12 heteroatoms. The summed E-state index contributed by atoms with van der Waals surface area (Å²) in [5, 5.41) is 36.3. The van der Waals surface area contributed by atoms with Crippen LogP contribution in [0.1, 0.15) is 63.8 Å². The Balaban J connectivity index is 1.62. The van der Waals surface area contributed by atoms with Crippen LogP contribution in [0.25, 0.3) is 22.8 Å². The number of hydrogen-bond acceptors (Lipinski definition) is 9. The van der Waals surface area contributed by atoms with Gasteiger partial charge in [0, 0.05) is 24.8 Å². The Kier molecular flexibility index (Phi) is 8.27. The van der Waals surface area contributed by atoms with E-state index >= 15 is 0 Å². The molecule has 1 aliphatic heterocycles. The van der Waals surface area contributed by atoms with E-state index in [2.05, 4.69) is 26.5 Å². The molecule has 3 N–H and O–H groups in total. The number of hydrogen-bond donors (Lipinski definition) is 3. The van der Waals surface area contributed by atoms with Crippen LogP contribution in [0.4, 0.5) is 4.79 Å². The van der Waals surface area contributed by atoms with E-state index in [1.54, 1.807) is 31.7 Å². The van der Waals surface area contributed by atoms with Gasteiger partial charge >= 0.3 is 6.09 Å². The molecule has 2 aromatic heterocycles. The van der Waals surface area contributed by atoms with Gasteiger partial charge in [0.15, 0.2) is 5.54 Å². The number of carboxylic acid groups (broad SMARTS) is 1. The third kappa shape index (κ3) is 5.52. The van der Waals surface area contributed by atoms with Gasteiger partial charge in [-0.25, -0.2) is 9.78 Å². The molecule has 1 aliphatic rings. The van der Waals surface area contributed by atoms with Crippen LogP contribution >= 0.6 is 0 Å². The predicted molar refractivity (Wildman–Crippen MR) is 152 cm³/mol. The van der Waals surface area contributed by atoms with Crippen molar-refractivity contribution in [2.24, 2.45) is 5.41 Å². The highest BCUT2D eigenvalue weighted by Gasteiger charge is 2.55. The Labute approximate surface area is 244 Å². The molecule has 3 aromatic rings. The maximum Gasteiger partial charge on any atom is 0.405 e. The molecule has 0 spiro atoms. The first kappa shape index (κ1) is 30.5. The molecule has 0 radical (unpaired) electrons. The van der Waals surface area contributed by atoms with Crippen LogP contribution in [-0.2, 0) is 17.8 Å². The molecular formula is C30H36N6O6. The number of nitrogens with one attached hydrogen (secondary N) is 1. The third-order valence-corrected chi connectivity index (χ3v) is 7.66. The standard InChI is InChI=1S/C30H36N6O6/c1-16(2)41-25-20(13-31)12-21(14-32-25)26-33-24(35-42-26)23-9-8-19-15-36(11-10-22(19)17(23)3)27(38)30(18(4)37,29(5,6)7)34-28(39)40/h8-9,12,14,16,18,34,37H,10-11,15H2,1-7H3,(H,39,40)/t18-,30+/m1/s1. The zero-order valence-corrected chi connectivity index (χ0v) is 24.8. The van der Waals surface area contributed by atoms with Gasteiger partial charge in [0.2, 0.25) is 11.7 Å². The van der Waals surface area contributed by atoms with Gasteiger partial charge in [0.1, 0.15) is 11.6 Å². The van der Waals surface area contributed by atoms with Gasteiger partial charge in [-0.1, -0.05) is 38.1 Å². The Bertz CT molecular complexity index is 1550. The Morgan fingerprint density at radius 2 is 1.95 bits per heavy atom. The minimum Gasteiger partial charge on any atom is -0.474 e. The summed E-state index contributed by atoms with van der Waals surface area (Å²) in [7, 11) is 0. The van der Waals surface area contributed by atoms with Crippen molar-refractivity contribution in [2.75, 3.05) is 6.54 Å². The summed E-state index contributed by atoms with van der Waals surface area (Å²) in [5.74, 6) is 0.344. The van der Waals surface area contributed by atoms with E-state index in [1.165, 1.54) is 13.1 Å². The zero-order chi connectivity index (χ0) is 31.0. The van der Waals surface area contributed by atoms with Gasteiger partial charge in [0.05, 0.1) is 17.8 Å². The van der Waals surface area contributed by atoms with Crippen molar-refractivity contribution in [3.63, 3.8) is 0 Å². The summed E-state index contributed by atoms with van der Waals surface area (Å²) in [6, 6.07) is 7.43. The Morgan fingerprint density at radius 3 is 2.55 bits per heavy atom. The molecule has 0 unspecified atom stereocenters. The molecule has 0 fully saturated rings. The van der Waals surface area contributed by atoms with Gasteiger partial charge in [-0.3, -0.25) is 4.79 Å². The van der Waals surface area contributed by atoms with Gasteiger partial charge in [-0.15, -0.1) is 0 Å². The molecule has 42 heavy (non-hydrogen) atoms. The Morgan fingerprint density at radius 1 is 1.24 bits per heavy atom. The van der Waals surface area contributed by atoms with Crippen molar-refractivity contribution >= 4 is 12.0 Å². The molecule has 0 saturated heterocycles. The fourth-order valence-corrected chi connectivity index (χ4v) is 5.56. The summed E-state index contributed by atoms with van der Waals surface area (Å²) >= 11 is 0. The second kappa shape index (κ2) is 11.4. The number of nitrogens with zero attached hydrogens (tertiary/aromatic N) is 5. The number of aliphatic hydroxyl groups excluding tert-OH is 1. The number of pyridine rings is 1. The van der Waals surface area contributed by atoms with E-state index in [-0.39, 0.29) is 30.0 Å². The second-order valence-electron chi connectivity index (χ2n) is 11.8. The average molecular weight is 577 g/mol. The molecule has 12 nitrogen and oxygen atoms in total. The van der Waals surface area contributed by atoms with Gasteiger partial charge < -0.3 is 29.7 Å². The number of aromatic nitrogens is 3. The minimum absolute atomic E-state index is 0.136. The van der Waals surface area contributed by atoms with E-state index in [9.17, 15) is 25.1 Å². The minimum atomic E-state index is -1.73. The highest BCUT2D eigenvalue weighted by atomic mass is 16.5. The van der Waals surface area contributed by atoms with Gasteiger partial charge in [0.25, 0.3) is 11.8 Å². The van der Waals surface area contributed by atoms with Crippen LogP contribution < -0.4 is 10.1 Å². The molecule has 1 aromatic carbocycles. The number of carbonyl (C=O) groups excluding carboxylic acids is 1. The van der Waals surface area contributed by atoms with E-state index in [1.807, 2.05) is 32.9 Å². The quantitative estimate of drug-likeness (QED) is 0.372. The van der Waals surface area contributed by atoms with E-state index in [4.69, 9.17) is 9.26 Å². The third-order valence-electron chi connectivity index (χ3n) is 7.66. The van der Waals surface area contributed by atoms with Crippen molar-refractivity contribution in [1.29, 1.82) is 5.26 Å². The monoisotopic (exact) mass is 576 g/mol. The zero-order valence-electron chi connectivity index (χ0n) is 24.8. The molecule has 222 valence electrons. The number of fused-ring (bicyclic) bond motifs is 1. The molecule has 0 aliphatic carbocycles. The molecule has 4 rings (SSSR count). The lowest BCUT2D eigenvalue weighted by Crippen LogP contribution is -2.71. The van der Waals surface area contributed by atoms with Crippen LogP contribution in [0.15, 0.2) is 28.9 Å². The molecule has 2 amide bonds. The van der Waals surface area contributed by atoms with Crippen LogP contribution in [0.2, 0.25) is 0 Å². The fraction of sp³-hybridized carbons (Fsp3) is 0.467. The average Bonchev–Trinajstić information content (AvgIpc) is 3.40. The molecular weight excluding hydrogens is 540 g/mol. The normalized spacial score (nSPS) is 15.4. The Hall–Kier alpha value is -4.50. The first-order valence-electron chi connectivity index (χ1n) is 13.7. The maximum absolute atomic E-state index is 13.9. The predicted octanol–water partition coefficient (Wildman–Crippen LogP) is 4.08. The van der Waals surface area contributed by atoms with Crippen LogP contribution in [-0.4, -0.2) is 66.5 Å². The number of rotatable bonds is 7. The summed E-state index contributed by atoms with van der Waals surface area (Å²) < 4.78 is 11.1. The summed E-state index contributed by atoms with van der Waals surface area (Å²) in [5.41, 5.74) is 1.76. The van der Waals surface area contributed by atoms with Gasteiger partial charge in [-0.2, -0.15) is 10.2 Å². The van der Waals surface area contributed by atoms with E-state index in [0.29, 0.717) is 24.4 Å². The summed E-state index contributed by atoms with van der Waals surface area (Å²) in [6.07, 6.45) is -0.743. The van der Waals surface area contributed by atoms with E-state index < -0.39 is 29.1 Å². The number of carbonyl (C=O) groups is 2.